The van der Waals surface area contributed by atoms with E-state index in [2.05, 4.69) is 5.32 Å². The van der Waals surface area contributed by atoms with E-state index in [1.807, 2.05) is 0 Å². The van der Waals surface area contributed by atoms with Crippen molar-refractivity contribution >= 4 is 6.03 Å². The van der Waals surface area contributed by atoms with Crippen molar-refractivity contribution < 1.29 is 9.90 Å². The van der Waals surface area contributed by atoms with Crippen LogP contribution in [-0.4, -0.2) is 42.3 Å². The lowest BCUT2D eigenvalue weighted by molar-refractivity contribution is 0.119. The third kappa shape index (κ3) is 2.61. The molecule has 0 saturated heterocycles. The van der Waals surface area contributed by atoms with Crippen molar-refractivity contribution in [1.29, 1.82) is 0 Å². The first-order chi connectivity index (χ1) is 6.59. The molecule has 0 aromatic rings. The van der Waals surface area contributed by atoms with E-state index in [0.29, 0.717) is 0 Å². The van der Waals surface area contributed by atoms with Gasteiger partial charge >= 0.3 is 6.03 Å². The van der Waals surface area contributed by atoms with Crippen molar-refractivity contribution in [1.82, 2.24) is 10.2 Å². The molecule has 0 radical (unpaired) electrons. The molecular weight excluding hydrogens is 180 g/mol. The summed E-state index contributed by atoms with van der Waals surface area (Å²) in [7, 11) is 3.42. The first kappa shape index (κ1) is 11.3. The van der Waals surface area contributed by atoms with Crippen LogP contribution in [0.1, 0.15) is 32.1 Å². The molecule has 1 rings (SSSR count). The molecule has 0 heterocycles. The zero-order chi connectivity index (χ0) is 10.6. The highest BCUT2D eigenvalue weighted by molar-refractivity contribution is 5.74. The second-order valence-corrected chi connectivity index (χ2v) is 4.32. The van der Waals surface area contributed by atoms with Gasteiger partial charge < -0.3 is 15.3 Å². The third-order valence-corrected chi connectivity index (χ3v) is 2.89. The number of urea groups is 1. The van der Waals surface area contributed by atoms with Crippen LogP contribution in [0, 0.1) is 0 Å². The molecular formula is C10H20N2O2. The van der Waals surface area contributed by atoms with E-state index in [1.54, 1.807) is 14.1 Å². The van der Waals surface area contributed by atoms with Gasteiger partial charge in [-0.25, -0.2) is 4.79 Å². The first-order valence-corrected chi connectivity index (χ1v) is 5.20. The summed E-state index contributed by atoms with van der Waals surface area (Å²) in [5.41, 5.74) is -0.362. The van der Waals surface area contributed by atoms with Crippen molar-refractivity contribution in [2.75, 3.05) is 20.7 Å². The normalized spacial score (nSPS) is 20.2. The lowest BCUT2D eigenvalue weighted by Crippen LogP contribution is -2.55. The second-order valence-electron chi connectivity index (χ2n) is 4.32. The average Bonchev–Trinajstić information content (AvgIpc) is 2.19. The van der Waals surface area contributed by atoms with Gasteiger partial charge in [-0.2, -0.15) is 0 Å². The van der Waals surface area contributed by atoms with Crippen LogP contribution in [0.5, 0.6) is 0 Å². The molecule has 2 amide bonds. The zero-order valence-corrected chi connectivity index (χ0v) is 9.05. The summed E-state index contributed by atoms with van der Waals surface area (Å²) >= 11 is 0. The van der Waals surface area contributed by atoms with Gasteiger partial charge in [0.25, 0.3) is 0 Å². The Morgan fingerprint density at radius 1 is 1.36 bits per heavy atom. The molecule has 0 aromatic carbocycles. The lowest BCUT2D eigenvalue weighted by Gasteiger charge is -2.37. The molecule has 0 spiro atoms. The summed E-state index contributed by atoms with van der Waals surface area (Å²) in [4.78, 5) is 13.0. The smallest absolute Gasteiger partial charge is 0.317 e. The summed E-state index contributed by atoms with van der Waals surface area (Å²) < 4.78 is 0. The van der Waals surface area contributed by atoms with Crippen LogP contribution in [-0.2, 0) is 0 Å². The molecule has 0 bridgehead atoms. The van der Waals surface area contributed by atoms with Crippen molar-refractivity contribution in [2.24, 2.45) is 0 Å². The zero-order valence-electron chi connectivity index (χ0n) is 9.05. The van der Waals surface area contributed by atoms with Crippen LogP contribution in [0.15, 0.2) is 0 Å². The Labute approximate surface area is 85.3 Å². The molecule has 1 saturated carbocycles. The summed E-state index contributed by atoms with van der Waals surface area (Å²) in [5, 5.41) is 12.3. The molecule has 1 fully saturated rings. The van der Waals surface area contributed by atoms with E-state index < -0.39 is 0 Å². The number of aliphatic hydroxyl groups excluding tert-OH is 1. The summed E-state index contributed by atoms with van der Waals surface area (Å²) in [6.45, 7) is 0.0482. The summed E-state index contributed by atoms with van der Waals surface area (Å²) in [6.07, 6.45) is 5.17. The van der Waals surface area contributed by atoms with Crippen LogP contribution >= 0.6 is 0 Å². The van der Waals surface area contributed by atoms with Crippen LogP contribution in [0.3, 0.4) is 0 Å². The number of carbonyl (C=O) groups excluding carboxylic acids is 1. The van der Waals surface area contributed by atoms with Gasteiger partial charge in [0.2, 0.25) is 0 Å². The Balaban J connectivity index is 2.56. The van der Waals surface area contributed by atoms with Gasteiger partial charge in [-0.3, -0.25) is 0 Å². The predicted molar refractivity (Wildman–Crippen MR) is 55.1 cm³/mol. The molecule has 4 heteroatoms. The van der Waals surface area contributed by atoms with Crippen molar-refractivity contribution in [3.05, 3.63) is 0 Å². The van der Waals surface area contributed by atoms with E-state index in [-0.39, 0.29) is 18.2 Å². The van der Waals surface area contributed by atoms with E-state index in [1.165, 1.54) is 11.3 Å². The Kier molecular flexibility index (Phi) is 3.75. The maximum absolute atomic E-state index is 11.5. The SMILES string of the molecule is CN(C)C(=O)NC1(CO)CCCCC1. The minimum Gasteiger partial charge on any atom is -0.394 e. The lowest BCUT2D eigenvalue weighted by atomic mass is 9.82. The molecule has 1 aliphatic rings. The fourth-order valence-electron chi connectivity index (χ4n) is 1.89. The fourth-order valence-corrected chi connectivity index (χ4v) is 1.89. The van der Waals surface area contributed by atoms with E-state index in [4.69, 9.17) is 0 Å². The largest absolute Gasteiger partial charge is 0.394 e. The number of carbonyl (C=O) groups is 1. The first-order valence-electron chi connectivity index (χ1n) is 5.20. The van der Waals surface area contributed by atoms with E-state index in [0.717, 1.165) is 25.7 Å². The average molecular weight is 200 g/mol. The monoisotopic (exact) mass is 200 g/mol. The predicted octanol–water partition coefficient (Wildman–Crippen LogP) is 0.953. The van der Waals surface area contributed by atoms with Crippen LogP contribution in [0.2, 0.25) is 0 Å². The summed E-state index contributed by atoms with van der Waals surface area (Å²) in [6, 6.07) is -0.110. The van der Waals surface area contributed by atoms with Crippen molar-refractivity contribution in [3.63, 3.8) is 0 Å². The molecule has 0 unspecified atom stereocenters. The molecule has 4 nitrogen and oxygen atoms in total. The van der Waals surface area contributed by atoms with Gasteiger partial charge in [0.05, 0.1) is 12.1 Å². The van der Waals surface area contributed by atoms with Gasteiger partial charge in [-0.15, -0.1) is 0 Å². The minimum absolute atomic E-state index is 0.0482. The van der Waals surface area contributed by atoms with Gasteiger partial charge in [-0.1, -0.05) is 19.3 Å². The quantitative estimate of drug-likeness (QED) is 0.697. The highest BCUT2D eigenvalue weighted by Crippen LogP contribution is 2.27. The Morgan fingerprint density at radius 2 is 1.93 bits per heavy atom. The second kappa shape index (κ2) is 4.64. The third-order valence-electron chi connectivity index (χ3n) is 2.89. The molecule has 2 N–H and O–H groups in total. The Morgan fingerprint density at radius 3 is 2.36 bits per heavy atom. The van der Waals surface area contributed by atoms with Gasteiger partial charge in [0, 0.05) is 14.1 Å². The van der Waals surface area contributed by atoms with Gasteiger partial charge in [0.1, 0.15) is 0 Å². The number of amides is 2. The molecule has 0 aromatic heterocycles. The van der Waals surface area contributed by atoms with Gasteiger partial charge in [-0.05, 0) is 12.8 Å². The maximum Gasteiger partial charge on any atom is 0.317 e. The van der Waals surface area contributed by atoms with Crippen molar-refractivity contribution in [2.45, 2.75) is 37.6 Å². The summed E-state index contributed by atoms with van der Waals surface area (Å²) in [5.74, 6) is 0. The Bertz CT molecular complexity index is 198. The number of nitrogens with one attached hydrogen (secondary N) is 1. The standard InChI is InChI=1S/C10H20N2O2/c1-12(2)9(14)11-10(8-13)6-4-3-5-7-10/h13H,3-8H2,1-2H3,(H,11,14). The minimum atomic E-state index is -0.362. The van der Waals surface area contributed by atoms with Crippen molar-refractivity contribution in [3.8, 4) is 0 Å². The number of nitrogens with zero attached hydrogens (tertiary/aromatic N) is 1. The molecule has 1 aliphatic carbocycles. The number of rotatable bonds is 2. The number of hydrogen-bond acceptors (Lipinski definition) is 2. The van der Waals surface area contributed by atoms with Crippen LogP contribution < -0.4 is 5.32 Å². The van der Waals surface area contributed by atoms with Gasteiger partial charge in [0.15, 0.2) is 0 Å². The fraction of sp³-hybridized carbons (Fsp3) is 0.900. The van der Waals surface area contributed by atoms with Crippen LogP contribution in [0.25, 0.3) is 0 Å². The molecule has 82 valence electrons. The maximum atomic E-state index is 11.5. The highest BCUT2D eigenvalue weighted by atomic mass is 16.3. The Hall–Kier alpha value is -0.770. The molecule has 0 aliphatic heterocycles. The number of hydrogen-bond donors (Lipinski definition) is 2. The molecule has 14 heavy (non-hydrogen) atoms. The number of aliphatic hydroxyl groups is 1. The topological polar surface area (TPSA) is 52.6 Å². The van der Waals surface area contributed by atoms with E-state index in [9.17, 15) is 9.90 Å². The van der Waals surface area contributed by atoms with Crippen LogP contribution in [0.4, 0.5) is 4.79 Å². The molecule has 0 atom stereocenters. The highest BCUT2D eigenvalue weighted by Gasteiger charge is 2.33. The van der Waals surface area contributed by atoms with E-state index >= 15 is 0 Å².